The minimum atomic E-state index is 0.128. The minimum Gasteiger partial charge on any atom is -0.304 e. The molecule has 1 fully saturated rings. The minimum absolute atomic E-state index is 0.128. The molecule has 0 bridgehead atoms. The molecule has 126 valence electrons. The first-order valence-electron chi connectivity index (χ1n) is 8.65. The summed E-state index contributed by atoms with van der Waals surface area (Å²) in [5, 5.41) is 0. The monoisotopic (exact) mass is 322 g/mol. The quantitative estimate of drug-likeness (QED) is 0.807. The SMILES string of the molecule is Cc1ccc(C(=O)c2ccccc2CN2CCN(C)CC2)cc1C. The van der Waals surface area contributed by atoms with Crippen molar-refractivity contribution in [3.8, 4) is 0 Å². The number of carbonyl (C=O) groups is 1. The van der Waals surface area contributed by atoms with Crippen LogP contribution in [0, 0.1) is 13.8 Å². The Balaban J connectivity index is 1.83. The van der Waals surface area contributed by atoms with Gasteiger partial charge in [0.2, 0.25) is 0 Å². The highest BCUT2D eigenvalue weighted by Gasteiger charge is 2.18. The van der Waals surface area contributed by atoms with Gasteiger partial charge in [-0.2, -0.15) is 0 Å². The molecule has 2 aromatic rings. The summed E-state index contributed by atoms with van der Waals surface area (Å²) >= 11 is 0. The lowest BCUT2D eigenvalue weighted by Crippen LogP contribution is -2.44. The second-order valence-corrected chi connectivity index (χ2v) is 6.86. The lowest BCUT2D eigenvalue weighted by atomic mass is 9.95. The average molecular weight is 322 g/mol. The number of rotatable bonds is 4. The van der Waals surface area contributed by atoms with E-state index < -0.39 is 0 Å². The van der Waals surface area contributed by atoms with Crippen molar-refractivity contribution in [1.82, 2.24) is 9.80 Å². The number of ketones is 1. The molecule has 0 amide bonds. The zero-order valence-corrected chi connectivity index (χ0v) is 14.9. The largest absolute Gasteiger partial charge is 0.304 e. The fraction of sp³-hybridized carbons (Fsp3) is 0.381. The Morgan fingerprint density at radius 1 is 0.958 bits per heavy atom. The lowest BCUT2D eigenvalue weighted by molar-refractivity contribution is 0.103. The van der Waals surface area contributed by atoms with Crippen LogP contribution in [0.25, 0.3) is 0 Å². The van der Waals surface area contributed by atoms with E-state index in [4.69, 9.17) is 0 Å². The van der Waals surface area contributed by atoms with Gasteiger partial charge in [-0.25, -0.2) is 0 Å². The van der Waals surface area contributed by atoms with Gasteiger partial charge in [0.05, 0.1) is 0 Å². The fourth-order valence-electron chi connectivity index (χ4n) is 3.16. The van der Waals surface area contributed by atoms with Crippen LogP contribution in [0.3, 0.4) is 0 Å². The topological polar surface area (TPSA) is 23.6 Å². The third-order valence-electron chi connectivity index (χ3n) is 5.02. The van der Waals surface area contributed by atoms with Crippen molar-refractivity contribution in [2.75, 3.05) is 33.2 Å². The summed E-state index contributed by atoms with van der Waals surface area (Å²) in [6.07, 6.45) is 0. The molecule has 2 aromatic carbocycles. The smallest absolute Gasteiger partial charge is 0.193 e. The molecule has 0 atom stereocenters. The molecular formula is C21H26N2O. The molecule has 0 radical (unpaired) electrons. The van der Waals surface area contributed by atoms with Crippen LogP contribution in [0.15, 0.2) is 42.5 Å². The Morgan fingerprint density at radius 3 is 2.38 bits per heavy atom. The van der Waals surface area contributed by atoms with Crippen LogP contribution in [0.2, 0.25) is 0 Å². The van der Waals surface area contributed by atoms with Gasteiger partial charge in [-0.15, -0.1) is 0 Å². The van der Waals surface area contributed by atoms with E-state index in [1.165, 1.54) is 5.56 Å². The van der Waals surface area contributed by atoms with Crippen molar-refractivity contribution >= 4 is 5.78 Å². The Hall–Kier alpha value is -1.97. The van der Waals surface area contributed by atoms with Gasteiger partial charge in [0, 0.05) is 43.9 Å². The Morgan fingerprint density at radius 2 is 1.67 bits per heavy atom. The summed E-state index contributed by atoms with van der Waals surface area (Å²) in [7, 11) is 2.16. The Kier molecular flexibility index (Phi) is 5.12. The number of benzene rings is 2. The first-order valence-corrected chi connectivity index (χ1v) is 8.65. The number of piperazine rings is 1. The first-order chi connectivity index (χ1) is 11.5. The Bertz CT molecular complexity index is 730. The predicted molar refractivity (Wildman–Crippen MR) is 98.6 cm³/mol. The standard InChI is InChI=1S/C21H26N2O/c1-16-8-9-18(14-17(16)2)21(24)20-7-5-4-6-19(20)15-23-12-10-22(3)11-13-23/h4-9,14H,10-13,15H2,1-3H3. The molecule has 1 aliphatic heterocycles. The van der Waals surface area contributed by atoms with E-state index in [0.717, 1.165) is 55.0 Å². The number of carbonyl (C=O) groups excluding carboxylic acids is 1. The van der Waals surface area contributed by atoms with Crippen molar-refractivity contribution in [3.05, 3.63) is 70.3 Å². The maximum absolute atomic E-state index is 13.0. The van der Waals surface area contributed by atoms with Crippen LogP contribution in [-0.4, -0.2) is 48.8 Å². The predicted octanol–water partition coefficient (Wildman–Crippen LogP) is 3.28. The molecule has 24 heavy (non-hydrogen) atoms. The number of likely N-dealkylation sites (N-methyl/N-ethyl adjacent to an activating group) is 1. The van der Waals surface area contributed by atoms with Gasteiger partial charge < -0.3 is 4.90 Å². The highest BCUT2D eigenvalue weighted by atomic mass is 16.1. The van der Waals surface area contributed by atoms with Crippen LogP contribution in [0.1, 0.15) is 32.6 Å². The number of aryl methyl sites for hydroxylation is 2. The van der Waals surface area contributed by atoms with Gasteiger partial charge in [-0.3, -0.25) is 9.69 Å². The first kappa shape index (κ1) is 16.9. The summed E-state index contributed by atoms with van der Waals surface area (Å²) in [4.78, 5) is 17.8. The van der Waals surface area contributed by atoms with Crippen LogP contribution >= 0.6 is 0 Å². The van der Waals surface area contributed by atoms with E-state index in [1.54, 1.807) is 0 Å². The van der Waals surface area contributed by atoms with Crippen LogP contribution in [0.4, 0.5) is 0 Å². The van der Waals surface area contributed by atoms with Crippen molar-refractivity contribution in [2.24, 2.45) is 0 Å². The van der Waals surface area contributed by atoms with E-state index in [0.29, 0.717) is 0 Å². The molecule has 1 saturated heterocycles. The number of nitrogens with zero attached hydrogens (tertiary/aromatic N) is 2. The molecule has 0 spiro atoms. The normalized spacial score (nSPS) is 16.3. The molecule has 0 saturated carbocycles. The molecule has 3 nitrogen and oxygen atoms in total. The van der Waals surface area contributed by atoms with Crippen LogP contribution in [-0.2, 0) is 6.54 Å². The van der Waals surface area contributed by atoms with Crippen LogP contribution < -0.4 is 0 Å². The lowest BCUT2D eigenvalue weighted by Gasteiger charge is -2.32. The second kappa shape index (κ2) is 7.29. The van der Waals surface area contributed by atoms with E-state index in [9.17, 15) is 4.79 Å². The third kappa shape index (κ3) is 3.74. The second-order valence-electron chi connectivity index (χ2n) is 6.86. The van der Waals surface area contributed by atoms with Crippen molar-refractivity contribution < 1.29 is 4.79 Å². The van der Waals surface area contributed by atoms with Gasteiger partial charge in [0.15, 0.2) is 5.78 Å². The highest BCUT2D eigenvalue weighted by Crippen LogP contribution is 2.19. The highest BCUT2D eigenvalue weighted by molar-refractivity contribution is 6.10. The summed E-state index contributed by atoms with van der Waals surface area (Å²) in [5.74, 6) is 0.128. The van der Waals surface area contributed by atoms with Gasteiger partial charge in [-0.05, 0) is 43.7 Å². The molecule has 0 aromatic heterocycles. The molecule has 0 N–H and O–H groups in total. The molecular weight excluding hydrogens is 296 g/mol. The van der Waals surface area contributed by atoms with Gasteiger partial charge >= 0.3 is 0 Å². The third-order valence-corrected chi connectivity index (χ3v) is 5.02. The summed E-state index contributed by atoms with van der Waals surface area (Å²) in [5.41, 5.74) is 5.13. The van der Waals surface area contributed by atoms with Gasteiger partial charge in [0.25, 0.3) is 0 Å². The van der Waals surface area contributed by atoms with E-state index >= 15 is 0 Å². The summed E-state index contributed by atoms with van der Waals surface area (Å²) in [6.45, 7) is 9.28. The van der Waals surface area contributed by atoms with E-state index in [2.05, 4.69) is 36.8 Å². The van der Waals surface area contributed by atoms with Gasteiger partial charge in [-0.1, -0.05) is 36.4 Å². The zero-order valence-electron chi connectivity index (χ0n) is 14.9. The number of hydrogen-bond acceptors (Lipinski definition) is 3. The maximum atomic E-state index is 13.0. The molecule has 3 heteroatoms. The molecule has 0 aliphatic carbocycles. The summed E-state index contributed by atoms with van der Waals surface area (Å²) < 4.78 is 0. The fourth-order valence-corrected chi connectivity index (χ4v) is 3.16. The van der Waals surface area contributed by atoms with E-state index in [-0.39, 0.29) is 5.78 Å². The van der Waals surface area contributed by atoms with Gasteiger partial charge in [0.1, 0.15) is 0 Å². The van der Waals surface area contributed by atoms with Crippen molar-refractivity contribution in [1.29, 1.82) is 0 Å². The van der Waals surface area contributed by atoms with Crippen molar-refractivity contribution in [3.63, 3.8) is 0 Å². The molecule has 1 aliphatic rings. The molecule has 0 unspecified atom stereocenters. The molecule has 1 heterocycles. The molecule has 3 rings (SSSR count). The van der Waals surface area contributed by atoms with E-state index in [1.807, 2.05) is 36.4 Å². The van der Waals surface area contributed by atoms with Crippen molar-refractivity contribution in [2.45, 2.75) is 20.4 Å². The Labute approximate surface area is 144 Å². The van der Waals surface area contributed by atoms with Crippen LogP contribution in [0.5, 0.6) is 0 Å². The zero-order chi connectivity index (χ0) is 17.1. The number of hydrogen-bond donors (Lipinski definition) is 0. The summed E-state index contributed by atoms with van der Waals surface area (Å²) in [6, 6.07) is 14.0. The average Bonchev–Trinajstić information content (AvgIpc) is 2.59. The maximum Gasteiger partial charge on any atom is 0.193 e.